The Morgan fingerprint density at radius 1 is 1.19 bits per heavy atom. The van der Waals surface area contributed by atoms with E-state index in [2.05, 4.69) is 16.9 Å². The van der Waals surface area contributed by atoms with Gasteiger partial charge in [0.1, 0.15) is 12.4 Å². The molecule has 5 heteroatoms. The molecular weight excluding hydrogens is 328 g/mol. The lowest BCUT2D eigenvalue weighted by Gasteiger charge is -2.06. The maximum Gasteiger partial charge on any atom is 0.296 e. The molecule has 132 valence electrons. The average Bonchev–Trinajstić information content (AvgIpc) is 3.11. The summed E-state index contributed by atoms with van der Waals surface area (Å²) in [5.74, 6) is -0.581. The minimum atomic E-state index is -0.674. The fourth-order valence-electron chi connectivity index (χ4n) is 2.80. The van der Waals surface area contributed by atoms with Gasteiger partial charge < -0.3 is 15.0 Å². The minimum Gasteiger partial charge on any atom is -0.490 e. The molecule has 0 spiro atoms. The van der Waals surface area contributed by atoms with Crippen molar-refractivity contribution in [2.24, 2.45) is 0 Å². The lowest BCUT2D eigenvalue weighted by Crippen LogP contribution is -2.22. The fraction of sp³-hybridized carbons (Fsp3) is 0.143. The van der Waals surface area contributed by atoms with E-state index in [1.54, 1.807) is 36.5 Å². The van der Waals surface area contributed by atoms with Crippen molar-refractivity contribution in [3.05, 3.63) is 72.4 Å². The van der Waals surface area contributed by atoms with Crippen LogP contribution >= 0.6 is 0 Å². The van der Waals surface area contributed by atoms with Gasteiger partial charge in [0.05, 0.1) is 5.56 Å². The van der Waals surface area contributed by atoms with Crippen LogP contribution in [0.25, 0.3) is 10.9 Å². The predicted octanol–water partition coefficient (Wildman–Crippen LogP) is 4.12. The van der Waals surface area contributed by atoms with Gasteiger partial charge in [-0.2, -0.15) is 0 Å². The highest BCUT2D eigenvalue weighted by Gasteiger charge is 2.20. The molecule has 1 amide bonds. The first-order valence-corrected chi connectivity index (χ1v) is 8.42. The van der Waals surface area contributed by atoms with Gasteiger partial charge in [0.25, 0.3) is 11.7 Å². The number of anilines is 1. The first-order valence-electron chi connectivity index (χ1n) is 8.42. The molecular formula is C21H20N2O3. The number of ether oxygens (including phenoxy) is 1. The van der Waals surface area contributed by atoms with E-state index in [0.29, 0.717) is 23.6 Å². The molecule has 0 saturated heterocycles. The average molecular weight is 348 g/mol. The summed E-state index contributed by atoms with van der Waals surface area (Å²) in [4.78, 5) is 28.0. The van der Waals surface area contributed by atoms with Crippen LogP contribution in [0.2, 0.25) is 0 Å². The van der Waals surface area contributed by atoms with Gasteiger partial charge in [-0.05, 0) is 36.2 Å². The summed E-state index contributed by atoms with van der Waals surface area (Å²) in [6, 6.07) is 12.6. The molecule has 3 aromatic rings. The Balaban J connectivity index is 1.76. The molecule has 0 saturated carbocycles. The van der Waals surface area contributed by atoms with E-state index in [0.717, 1.165) is 22.9 Å². The highest BCUT2D eigenvalue weighted by molar-refractivity contribution is 6.48. The molecule has 1 aromatic heterocycles. The van der Waals surface area contributed by atoms with Crippen molar-refractivity contribution in [3.8, 4) is 5.75 Å². The van der Waals surface area contributed by atoms with Gasteiger partial charge in [0.15, 0.2) is 0 Å². The standard InChI is InChI=1S/C21H20N2O3/c1-3-12-26-16-10-8-15(9-11-16)23-21(25)20(24)18-13-22-19-14(4-2)6-5-7-17(18)19/h3,5-11,13,22H,1,4,12H2,2H3,(H,23,25). The first kappa shape index (κ1) is 17.5. The van der Waals surface area contributed by atoms with E-state index in [-0.39, 0.29) is 0 Å². The number of benzene rings is 2. The lowest BCUT2D eigenvalue weighted by molar-refractivity contribution is -0.112. The summed E-state index contributed by atoms with van der Waals surface area (Å²) in [7, 11) is 0. The number of carbonyl (C=O) groups excluding carboxylic acids is 2. The number of rotatable bonds is 7. The lowest BCUT2D eigenvalue weighted by atomic mass is 10.0. The first-order chi connectivity index (χ1) is 12.6. The Kier molecular flexibility index (Phi) is 5.17. The molecule has 0 atom stereocenters. The van der Waals surface area contributed by atoms with Crippen molar-refractivity contribution >= 4 is 28.3 Å². The van der Waals surface area contributed by atoms with Crippen molar-refractivity contribution in [3.63, 3.8) is 0 Å². The zero-order chi connectivity index (χ0) is 18.5. The third kappa shape index (κ3) is 3.52. The van der Waals surface area contributed by atoms with E-state index in [1.165, 1.54) is 0 Å². The van der Waals surface area contributed by atoms with Crippen molar-refractivity contribution < 1.29 is 14.3 Å². The zero-order valence-corrected chi connectivity index (χ0v) is 14.5. The van der Waals surface area contributed by atoms with Crippen LogP contribution in [0, 0.1) is 0 Å². The number of H-pyrrole nitrogens is 1. The Morgan fingerprint density at radius 3 is 2.65 bits per heavy atom. The number of ketones is 1. The smallest absolute Gasteiger partial charge is 0.296 e. The molecule has 0 aliphatic heterocycles. The van der Waals surface area contributed by atoms with Crippen LogP contribution < -0.4 is 10.1 Å². The Hall–Kier alpha value is -3.34. The summed E-state index contributed by atoms with van der Waals surface area (Å²) in [5.41, 5.74) is 2.91. The Labute approximate surface area is 151 Å². The molecule has 0 aliphatic carbocycles. The van der Waals surface area contributed by atoms with Gasteiger partial charge in [0, 0.05) is 22.8 Å². The molecule has 0 bridgehead atoms. The molecule has 0 fully saturated rings. The number of amides is 1. The number of hydrogen-bond acceptors (Lipinski definition) is 3. The molecule has 1 heterocycles. The Bertz CT molecular complexity index is 955. The highest BCUT2D eigenvalue weighted by Crippen LogP contribution is 2.23. The second-order valence-electron chi connectivity index (χ2n) is 5.80. The zero-order valence-electron chi connectivity index (χ0n) is 14.5. The van der Waals surface area contributed by atoms with Gasteiger partial charge in [-0.1, -0.05) is 37.8 Å². The van der Waals surface area contributed by atoms with Gasteiger partial charge in [-0.15, -0.1) is 0 Å². The molecule has 2 N–H and O–H groups in total. The number of aromatic nitrogens is 1. The van der Waals surface area contributed by atoms with Crippen molar-refractivity contribution in [1.82, 2.24) is 4.98 Å². The number of Topliss-reactive ketones (excluding diaryl/α,β-unsaturated/α-hetero) is 1. The largest absolute Gasteiger partial charge is 0.490 e. The normalized spacial score (nSPS) is 10.5. The van der Waals surface area contributed by atoms with E-state index in [1.807, 2.05) is 25.1 Å². The molecule has 0 unspecified atom stereocenters. The second-order valence-corrected chi connectivity index (χ2v) is 5.80. The van der Waals surface area contributed by atoms with Crippen LogP contribution in [0.3, 0.4) is 0 Å². The third-order valence-electron chi connectivity index (χ3n) is 4.11. The van der Waals surface area contributed by atoms with Crippen molar-refractivity contribution in [2.75, 3.05) is 11.9 Å². The SMILES string of the molecule is C=CCOc1ccc(NC(=O)C(=O)c2c[nH]c3c(CC)cccc23)cc1. The number of fused-ring (bicyclic) bond motifs is 1. The van der Waals surface area contributed by atoms with Crippen LogP contribution in [0.5, 0.6) is 5.75 Å². The third-order valence-corrected chi connectivity index (χ3v) is 4.11. The van der Waals surface area contributed by atoms with Gasteiger partial charge in [0.2, 0.25) is 0 Å². The number of carbonyl (C=O) groups is 2. The van der Waals surface area contributed by atoms with Gasteiger partial charge in [-0.25, -0.2) is 0 Å². The van der Waals surface area contributed by atoms with Crippen LogP contribution in [-0.4, -0.2) is 23.3 Å². The van der Waals surface area contributed by atoms with E-state index < -0.39 is 11.7 Å². The monoisotopic (exact) mass is 348 g/mol. The topological polar surface area (TPSA) is 71.2 Å². The number of nitrogens with one attached hydrogen (secondary N) is 2. The van der Waals surface area contributed by atoms with Crippen LogP contribution in [0.1, 0.15) is 22.8 Å². The van der Waals surface area contributed by atoms with Gasteiger partial charge >= 0.3 is 0 Å². The summed E-state index contributed by atoms with van der Waals surface area (Å²) >= 11 is 0. The van der Waals surface area contributed by atoms with Crippen LogP contribution in [0.15, 0.2) is 61.3 Å². The predicted molar refractivity (Wildman–Crippen MR) is 103 cm³/mol. The number of aromatic amines is 1. The Morgan fingerprint density at radius 2 is 1.96 bits per heavy atom. The summed E-state index contributed by atoms with van der Waals surface area (Å²) in [5, 5.41) is 3.39. The van der Waals surface area contributed by atoms with Crippen molar-refractivity contribution in [2.45, 2.75) is 13.3 Å². The number of aryl methyl sites for hydroxylation is 1. The molecule has 26 heavy (non-hydrogen) atoms. The van der Waals surface area contributed by atoms with E-state index >= 15 is 0 Å². The summed E-state index contributed by atoms with van der Waals surface area (Å²) in [6.45, 7) is 6.04. The summed E-state index contributed by atoms with van der Waals surface area (Å²) in [6.07, 6.45) is 4.09. The molecule has 2 aromatic carbocycles. The summed E-state index contributed by atoms with van der Waals surface area (Å²) < 4.78 is 5.39. The molecule has 3 rings (SSSR count). The minimum absolute atomic E-state index is 0.374. The van der Waals surface area contributed by atoms with Crippen LogP contribution in [-0.2, 0) is 11.2 Å². The molecule has 0 aliphatic rings. The number of para-hydroxylation sites is 1. The maximum atomic E-state index is 12.6. The quantitative estimate of drug-likeness (QED) is 0.383. The second kappa shape index (κ2) is 7.70. The highest BCUT2D eigenvalue weighted by atomic mass is 16.5. The molecule has 5 nitrogen and oxygen atoms in total. The van der Waals surface area contributed by atoms with E-state index in [4.69, 9.17) is 4.74 Å². The van der Waals surface area contributed by atoms with E-state index in [9.17, 15) is 9.59 Å². The maximum absolute atomic E-state index is 12.6. The van der Waals surface area contributed by atoms with Crippen LogP contribution in [0.4, 0.5) is 5.69 Å². The molecule has 0 radical (unpaired) electrons. The van der Waals surface area contributed by atoms with Crippen molar-refractivity contribution in [1.29, 1.82) is 0 Å². The fourth-order valence-corrected chi connectivity index (χ4v) is 2.80. The van der Waals surface area contributed by atoms with Gasteiger partial charge in [-0.3, -0.25) is 9.59 Å². The number of hydrogen-bond donors (Lipinski definition) is 2.